The third-order valence-electron chi connectivity index (χ3n) is 9.37. The lowest BCUT2D eigenvalue weighted by molar-refractivity contribution is -0.345. The molecule has 5 unspecified atom stereocenters. The summed E-state index contributed by atoms with van der Waals surface area (Å²) in [4.78, 5) is 62.7. The number of Topliss-reactive ketones (excluding diaryl/α,β-unsaturated/α-hetero) is 1. The number of hydrogen-bond donors (Lipinski definition) is 0. The predicted octanol–water partition coefficient (Wildman–Crippen LogP) is 3.47. The SMILES string of the molecule is C=C1C(=O)[C@@]23C(N=O)[C@@H]1CCC2[C@]12COC3(N=O)[C@@H](N=O)C1C(C)(C)CCC2N=O. The molecule has 6 fully saturated rings. The molecular formula is C20H24N4O6. The van der Waals surface area contributed by atoms with Crippen LogP contribution < -0.4 is 0 Å². The Morgan fingerprint density at radius 1 is 1.00 bits per heavy atom. The summed E-state index contributed by atoms with van der Waals surface area (Å²) in [5.74, 6) is -2.16. The van der Waals surface area contributed by atoms with Gasteiger partial charge in [0.15, 0.2) is 5.78 Å². The maximum absolute atomic E-state index is 13.7. The Hall–Kier alpha value is -2.23. The van der Waals surface area contributed by atoms with Gasteiger partial charge >= 0.3 is 0 Å². The average molecular weight is 416 g/mol. The molecule has 9 atom stereocenters. The van der Waals surface area contributed by atoms with Crippen LogP contribution in [0.15, 0.2) is 32.9 Å². The van der Waals surface area contributed by atoms with Gasteiger partial charge < -0.3 is 4.74 Å². The fourth-order valence-corrected chi connectivity index (χ4v) is 8.49. The molecular weight excluding hydrogens is 392 g/mol. The van der Waals surface area contributed by atoms with Crippen molar-refractivity contribution in [2.45, 2.75) is 63.4 Å². The van der Waals surface area contributed by atoms with Crippen LogP contribution in [0.2, 0.25) is 0 Å². The second kappa shape index (κ2) is 5.72. The van der Waals surface area contributed by atoms with Crippen LogP contribution >= 0.6 is 0 Å². The molecule has 0 aromatic rings. The molecule has 30 heavy (non-hydrogen) atoms. The molecule has 2 heterocycles. The van der Waals surface area contributed by atoms with Gasteiger partial charge in [0.2, 0.25) is 5.72 Å². The molecule has 2 aliphatic heterocycles. The summed E-state index contributed by atoms with van der Waals surface area (Å²) in [5.41, 5.74) is -5.16. The van der Waals surface area contributed by atoms with Crippen LogP contribution in [0.3, 0.4) is 0 Å². The minimum atomic E-state index is -2.14. The van der Waals surface area contributed by atoms with Crippen molar-refractivity contribution in [2.24, 2.45) is 54.7 Å². The van der Waals surface area contributed by atoms with E-state index in [-0.39, 0.29) is 12.2 Å². The number of carbonyl (C=O) groups is 1. The number of nitroso groups, excluding NO2 is 4. The number of carbonyl (C=O) groups excluding carboxylic acids is 1. The largest absolute Gasteiger partial charge is 0.347 e. The van der Waals surface area contributed by atoms with E-state index in [0.717, 1.165) is 0 Å². The van der Waals surface area contributed by atoms with Gasteiger partial charge in [-0.2, -0.15) is 14.7 Å². The fraction of sp³-hybridized carbons (Fsp3) is 0.850. The van der Waals surface area contributed by atoms with E-state index in [1.165, 1.54) is 0 Å². The maximum atomic E-state index is 13.7. The summed E-state index contributed by atoms with van der Waals surface area (Å²) in [6.45, 7) is 7.81. The number of ether oxygens (including phenoxy) is 1. The van der Waals surface area contributed by atoms with Crippen molar-refractivity contribution in [1.29, 1.82) is 0 Å². The molecule has 4 saturated carbocycles. The highest BCUT2D eigenvalue weighted by Gasteiger charge is 2.89. The highest BCUT2D eigenvalue weighted by atomic mass is 16.5. The topological polar surface area (TPSA) is 144 Å². The van der Waals surface area contributed by atoms with E-state index < -0.39 is 63.6 Å². The molecule has 0 N–H and O–H groups in total. The molecule has 0 aromatic carbocycles. The van der Waals surface area contributed by atoms with Crippen LogP contribution in [0.4, 0.5) is 0 Å². The van der Waals surface area contributed by atoms with E-state index in [2.05, 4.69) is 27.3 Å². The smallest absolute Gasteiger partial charge is 0.241 e. The summed E-state index contributed by atoms with van der Waals surface area (Å²) >= 11 is 0. The summed E-state index contributed by atoms with van der Waals surface area (Å²) in [6, 6.07) is -3.18. The molecule has 6 aliphatic rings. The molecule has 10 nitrogen and oxygen atoms in total. The van der Waals surface area contributed by atoms with Gasteiger partial charge in [0.05, 0.1) is 6.61 Å². The zero-order chi connectivity index (χ0) is 21.7. The third kappa shape index (κ3) is 1.65. The van der Waals surface area contributed by atoms with Crippen molar-refractivity contribution in [1.82, 2.24) is 0 Å². The summed E-state index contributed by atoms with van der Waals surface area (Å²) in [5, 5.41) is 13.3. The van der Waals surface area contributed by atoms with Gasteiger partial charge in [-0.15, -0.1) is 4.91 Å². The van der Waals surface area contributed by atoms with Gasteiger partial charge in [-0.3, -0.25) is 4.79 Å². The van der Waals surface area contributed by atoms with E-state index in [1.807, 2.05) is 13.8 Å². The average Bonchev–Trinajstić information content (AvgIpc) is 2.87. The maximum Gasteiger partial charge on any atom is 0.241 e. The van der Waals surface area contributed by atoms with Crippen molar-refractivity contribution < 1.29 is 9.53 Å². The third-order valence-corrected chi connectivity index (χ3v) is 9.37. The first kappa shape index (κ1) is 19.7. The van der Waals surface area contributed by atoms with Crippen LogP contribution in [0.1, 0.15) is 39.5 Å². The van der Waals surface area contributed by atoms with E-state index in [9.17, 15) is 24.4 Å². The summed E-state index contributed by atoms with van der Waals surface area (Å²) in [7, 11) is 0. The van der Waals surface area contributed by atoms with Crippen LogP contribution in [0.25, 0.3) is 0 Å². The zero-order valence-electron chi connectivity index (χ0n) is 16.9. The van der Waals surface area contributed by atoms with Crippen LogP contribution in [0, 0.1) is 53.6 Å². The first-order valence-corrected chi connectivity index (χ1v) is 10.4. The Bertz CT molecular complexity index is 906. The summed E-state index contributed by atoms with van der Waals surface area (Å²) < 4.78 is 6.01. The number of ketones is 1. The standard InChI is InChI=1S/C20H24N4O6/c1-9-10-4-5-11-18-8-30-20(24-29,19(11,16(9)25)14(10)22-27)15(23-28)13(18)17(2,3)7-6-12(18)21-26/h10-15H,1,4-8H2,2-3H3/t10-,11?,12?,13?,14?,15+,18+,19+,20?/m1/s1. The molecule has 0 amide bonds. The van der Waals surface area contributed by atoms with Crippen molar-refractivity contribution in [2.75, 3.05) is 6.61 Å². The Morgan fingerprint density at radius 2 is 1.70 bits per heavy atom. The van der Waals surface area contributed by atoms with E-state index in [4.69, 9.17) is 4.74 Å². The van der Waals surface area contributed by atoms with Gasteiger partial charge in [0, 0.05) is 17.3 Å². The molecule has 0 radical (unpaired) electrons. The van der Waals surface area contributed by atoms with Crippen LogP contribution in [-0.4, -0.2) is 36.2 Å². The van der Waals surface area contributed by atoms with Gasteiger partial charge in [-0.05, 0) is 47.8 Å². The molecule has 4 aliphatic carbocycles. The molecule has 4 bridgehead atoms. The van der Waals surface area contributed by atoms with Crippen molar-refractivity contribution in [3.05, 3.63) is 31.8 Å². The molecule has 6 rings (SSSR count). The van der Waals surface area contributed by atoms with E-state index in [1.54, 1.807) is 0 Å². The first-order chi connectivity index (χ1) is 14.2. The number of nitrogens with zero attached hydrogens (tertiary/aromatic N) is 4. The lowest BCUT2D eigenvalue weighted by Gasteiger charge is -2.73. The molecule has 160 valence electrons. The van der Waals surface area contributed by atoms with Crippen molar-refractivity contribution in [3.8, 4) is 0 Å². The summed E-state index contributed by atoms with van der Waals surface area (Å²) in [6.07, 6.45) is 2.04. The van der Waals surface area contributed by atoms with Crippen molar-refractivity contribution >= 4 is 5.78 Å². The van der Waals surface area contributed by atoms with Crippen molar-refractivity contribution in [3.63, 3.8) is 0 Å². The Balaban J connectivity index is 1.89. The lowest BCUT2D eigenvalue weighted by atomic mass is 9.34. The number of hydrogen-bond acceptors (Lipinski definition) is 10. The molecule has 2 saturated heterocycles. The molecule has 10 heteroatoms. The zero-order valence-corrected chi connectivity index (χ0v) is 16.9. The minimum Gasteiger partial charge on any atom is -0.347 e. The first-order valence-electron chi connectivity index (χ1n) is 10.4. The van der Waals surface area contributed by atoms with Gasteiger partial charge in [0.1, 0.15) is 23.5 Å². The normalized spacial score (nSPS) is 52.9. The number of rotatable bonds is 4. The quantitative estimate of drug-likeness (QED) is 0.507. The van der Waals surface area contributed by atoms with E-state index in [0.29, 0.717) is 25.7 Å². The minimum absolute atomic E-state index is 0.0301. The van der Waals surface area contributed by atoms with Gasteiger partial charge in [0.25, 0.3) is 0 Å². The highest BCUT2D eigenvalue weighted by molar-refractivity contribution is 6.05. The highest BCUT2D eigenvalue weighted by Crippen LogP contribution is 2.78. The van der Waals surface area contributed by atoms with Crippen LogP contribution in [0.5, 0.6) is 0 Å². The van der Waals surface area contributed by atoms with Gasteiger partial charge in [-0.1, -0.05) is 36.0 Å². The monoisotopic (exact) mass is 416 g/mol. The second-order valence-corrected chi connectivity index (χ2v) is 10.4. The van der Waals surface area contributed by atoms with Gasteiger partial charge in [-0.25, -0.2) is 0 Å². The lowest BCUT2D eigenvalue weighted by Crippen LogP contribution is -2.84. The molecule has 0 aromatic heterocycles. The van der Waals surface area contributed by atoms with E-state index >= 15 is 0 Å². The fourth-order valence-electron chi connectivity index (χ4n) is 8.49. The predicted molar refractivity (Wildman–Crippen MR) is 105 cm³/mol. The second-order valence-electron chi connectivity index (χ2n) is 10.4. The Kier molecular flexibility index (Phi) is 3.76. The number of fused-ring (bicyclic) bond motifs is 2. The Labute approximate surface area is 172 Å². The Morgan fingerprint density at radius 3 is 2.30 bits per heavy atom. The van der Waals surface area contributed by atoms with Crippen LogP contribution in [-0.2, 0) is 9.53 Å². The molecule has 2 spiro atoms.